The Kier molecular flexibility index (Phi) is 12.5. The van der Waals surface area contributed by atoms with Crippen LogP contribution in [0, 0.1) is 0 Å². The van der Waals surface area contributed by atoms with Crippen LogP contribution in [0.3, 0.4) is 0 Å². The Balaban J connectivity index is 0. The molecule has 1 heterocycles. The maximum atomic E-state index is 5.61. The smallest absolute Gasteiger partial charge is 0.0266 e. The van der Waals surface area contributed by atoms with Crippen molar-refractivity contribution in [2.75, 3.05) is 13.1 Å². The van der Waals surface area contributed by atoms with E-state index in [-0.39, 0.29) is 18.3 Å². The highest BCUT2D eigenvalue weighted by Crippen LogP contribution is 2.06. The molecule has 17 heavy (non-hydrogen) atoms. The number of nitrogens with two attached hydrogens (primary N) is 1. The van der Waals surface area contributed by atoms with Gasteiger partial charge in [0.05, 0.1) is 0 Å². The summed E-state index contributed by atoms with van der Waals surface area (Å²) in [4.78, 5) is 0. The first kappa shape index (κ1) is 18.4. The molecule has 1 atom stereocenters. The zero-order valence-corrected chi connectivity index (χ0v) is 11.0. The molecule has 4 heteroatoms. The van der Waals surface area contributed by atoms with E-state index in [0.29, 0.717) is 0 Å². The molecule has 0 amide bonds. The minimum absolute atomic E-state index is 0. The van der Waals surface area contributed by atoms with Gasteiger partial charge in [0.15, 0.2) is 0 Å². The number of rotatable bonds is 1. The molecule has 0 unspecified atom stereocenters. The van der Waals surface area contributed by atoms with Gasteiger partial charge in [-0.15, -0.1) is 0 Å². The normalized spacial score (nSPS) is 15.4. The van der Waals surface area contributed by atoms with E-state index >= 15 is 0 Å². The van der Waals surface area contributed by atoms with Gasteiger partial charge >= 0.3 is 0 Å². The summed E-state index contributed by atoms with van der Waals surface area (Å²) in [6.45, 7) is 4.48. The van der Waals surface area contributed by atoms with Gasteiger partial charge in [0.25, 0.3) is 0 Å². The number of hydrogen-bond donors (Lipinski definition) is 4. The topological polar surface area (TPSA) is 108 Å². The third-order valence-corrected chi connectivity index (χ3v) is 2.53. The van der Waals surface area contributed by atoms with Crippen molar-refractivity contribution in [2.24, 2.45) is 5.73 Å². The quantitative estimate of drug-likeness (QED) is 0.605. The van der Waals surface area contributed by atoms with E-state index in [9.17, 15) is 0 Å². The molecule has 1 saturated heterocycles. The van der Waals surface area contributed by atoms with Crippen molar-refractivity contribution in [3.8, 4) is 0 Å². The standard InChI is InChI=1S/C8H11N.C5H11N.2H3N/c1-7(9)8-5-3-2-4-6-8;1-2-4-6-5-3-1;;/h2-7H,9H2,1H3;6H,1-5H2;2*1H3/t7-;;;/m1.../s1. The fourth-order valence-corrected chi connectivity index (χ4v) is 1.56. The van der Waals surface area contributed by atoms with Crippen molar-refractivity contribution in [2.45, 2.75) is 32.2 Å². The van der Waals surface area contributed by atoms with Crippen molar-refractivity contribution >= 4 is 0 Å². The molecule has 0 bridgehead atoms. The fraction of sp³-hybridized carbons (Fsp3) is 0.538. The second-order valence-electron chi connectivity index (χ2n) is 4.01. The number of hydrogen-bond acceptors (Lipinski definition) is 4. The van der Waals surface area contributed by atoms with Crippen LogP contribution in [-0.2, 0) is 0 Å². The lowest BCUT2D eigenvalue weighted by Crippen LogP contribution is -2.21. The van der Waals surface area contributed by atoms with Crippen molar-refractivity contribution in [3.05, 3.63) is 35.9 Å². The van der Waals surface area contributed by atoms with E-state index in [2.05, 4.69) is 5.32 Å². The first-order valence-electron chi connectivity index (χ1n) is 5.82. The van der Waals surface area contributed by atoms with E-state index in [1.807, 2.05) is 37.3 Å². The van der Waals surface area contributed by atoms with E-state index in [4.69, 9.17) is 5.73 Å². The van der Waals surface area contributed by atoms with Crippen LogP contribution in [0.1, 0.15) is 37.8 Å². The van der Waals surface area contributed by atoms with Gasteiger partial charge < -0.3 is 23.4 Å². The molecule has 4 nitrogen and oxygen atoms in total. The molecule has 1 aromatic rings. The van der Waals surface area contributed by atoms with Gasteiger partial charge in [-0.1, -0.05) is 36.8 Å². The maximum absolute atomic E-state index is 5.61. The monoisotopic (exact) mass is 240 g/mol. The SMILES string of the molecule is C1CCNCC1.C[C@@H](N)c1ccccc1.N.N. The van der Waals surface area contributed by atoms with Gasteiger partial charge in [-0.25, -0.2) is 0 Å². The molecule has 1 fully saturated rings. The Morgan fingerprint density at radius 2 is 1.53 bits per heavy atom. The summed E-state index contributed by atoms with van der Waals surface area (Å²) in [7, 11) is 0. The molecule has 0 radical (unpaired) electrons. The highest BCUT2D eigenvalue weighted by molar-refractivity contribution is 5.17. The third kappa shape index (κ3) is 8.83. The van der Waals surface area contributed by atoms with E-state index < -0.39 is 0 Å². The molecular weight excluding hydrogens is 212 g/mol. The van der Waals surface area contributed by atoms with Gasteiger partial charge in [-0.05, 0) is 38.4 Å². The van der Waals surface area contributed by atoms with Gasteiger partial charge in [0.2, 0.25) is 0 Å². The summed E-state index contributed by atoms with van der Waals surface area (Å²) in [5, 5.41) is 3.28. The second kappa shape index (κ2) is 11.5. The molecule has 1 aliphatic heterocycles. The van der Waals surface area contributed by atoms with Crippen LogP contribution in [0.4, 0.5) is 0 Å². The summed E-state index contributed by atoms with van der Waals surface area (Å²) in [6, 6.07) is 10.2. The predicted octanol–water partition coefficient (Wildman–Crippen LogP) is 2.79. The summed E-state index contributed by atoms with van der Waals surface area (Å²) in [6.07, 6.45) is 4.22. The van der Waals surface area contributed by atoms with Gasteiger partial charge in [-0.2, -0.15) is 0 Å². The summed E-state index contributed by atoms with van der Waals surface area (Å²) < 4.78 is 0. The number of nitrogens with one attached hydrogen (secondary N) is 1. The molecule has 0 aliphatic carbocycles. The first-order valence-corrected chi connectivity index (χ1v) is 5.82. The Labute approximate surface area is 105 Å². The van der Waals surface area contributed by atoms with Crippen LogP contribution in [-0.4, -0.2) is 13.1 Å². The largest absolute Gasteiger partial charge is 0.344 e. The maximum Gasteiger partial charge on any atom is 0.0266 e. The van der Waals surface area contributed by atoms with E-state index in [1.165, 1.54) is 37.9 Å². The zero-order valence-electron chi connectivity index (χ0n) is 11.0. The van der Waals surface area contributed by atoms with Crippen molar-refractivity contribution in [3.63, 3.8) is 0 Å². The minimum Gasteiger partial charge on any atom is -0.344 e. The van der Waals surface area contributed by atoms with Crippen LogP contribution in [0.5, 0.6) is 0 Å². The first-order chi connectivity index (χ1) is 7.30. The highest BCUT2D eigenvalue weighted by Gasteiger charge is 1.94. The van der Waals surface area contributed by atoms with E-state index in [0.717, 1.165) is 0 Å². The van der Waals surface area contributed by atoms with E-state index in [1.54, 1.807) is 0 Å². The fourth-order valence-electron chi connectivity index (χ4n) is 1.56. The summed E-state index contributed by atoms with van der Waals surface area (Å²) >= 11 is 0. The third-order valence-electron chi connectivity index (χ3n) is 2.53. The van der Waals surface area contributed by atoms with Crippen molar-refractivity contribution < 1.29 is 0 Å². The summed E-state index contributed by atoms with van der Waals surface area (Å²) in [5.41, 5.74) is 6.81. The molecule has 100 valence electrons. The Morgan fingerprint density at radius 3 is 1.76 bits per heavy atom. The molecule has 0 aromatic heterocycles. The van der Waals surface area contributed by atoms with Crippen LogP contribution in [0.15, 0.2) is 30.3 Å². The zero-order chi connectivity index (χ0) is 10.9. The lowest BCUT2D eigenvalue weighted by atomic mass is 10.1. The van der Waals surface area contributed by atoms with Crippen LogP contribution in [0.25, 0.3) is 0 Å². The second-order valence-corrected chi connectivity index (χ2v) is 4.01. The number of piperidine rings is 1. The van der Waals surface area contributed by atoms with Crippen LogP contribution >= 0.6 is 0 Å². The average Bonchev–Trinajstić information content (AvgIpc) is 2.33. The molecule has 0 saturated carbocycles. The van der Waals surface area contributed by atoms with Crippen LogP contribution < -0.4 is 23.4 Å². The highest BCUT2D eigenvalue weighted by atomic mass is 14.9. The Bertz CT molecular complexity index is 233. The Morgan fingerprint density at radius 1 is 1.00 bits per heavy atom. The molecule has 1 aromatic carbocycles. The molecular formula is C13H28N4. The van der Waals surface area contributed by atoms with Crippen LogP contribution in [0.2, 0.25) is 0 Å². The number of benzene rings is 1. The van der Waals surface area contributed by atoms with Gasteiger partial charge in [-0.3, -0.25) is 0 Å². The lowest BCUT2D eigenvalue weighted by molar-refractivity contribution is 0.520. The average molecular weight is 240 g/mol. The van der Waals surface area contributed by atoms with Gasteiger partial charge in [0, 0.05) is 6.04 Å². The molecule has 2 rings (SSSR count). The molecule has 9 N–H and O–H groups in total. The molecule has 0 spiro atoms. The van der Waals surface area contributed by atoms with Gasteiger partial charge in [0.1, 0.15) is 0 Å². The van der Waals surface area contributed by atoms with Crippen molar-refractivity contribution in [1.29, 1.82) is 0 Å². The Hall–Kier alpha value is -0.940. The predicted molar refractivity (Wildman–Crippen MR) is 75.8 cm³/mol. The van der Waals surface area contributed by atoms with Crippen molar-refractivity contribution in [1.82, 2.24) is 17.6 Å². The lowest BCUT2D eigenvalue weighted by Gasteiger charge is -2.08. The molecule has 1 aliphatic rings. The minimum atomic E-state index is 0. The summed E-state index contributed by atoms with van der Waals surface area (Å²) in [5.74, 6) is 0.